The first kappa shape index (κ1) is 29.8. The molecule has 11 nitrogen and oxygen atoms in total. The van der Waals surface area contributed by atoms with Crippen LogP contribution in [0.2, 0.25) is 0 Å². The number of nitrogens with zero attached hydrogens (tertiary/aromatic N) is 7. The van der Waals surface area contributed by atoms with Crippen molar-refractivity contribution in [3.05, 3.63) is 48.6 Å². The number of likely N-dealkylation sites (tertiary alicyclic amines) is 1. The van der Waals surface area contributed by atoms with Crippen molar-refractivity contribution in [2.24, 2.45) is 11.3 Å². The Labute approximate surface area is 263 Å². The fourth-order valence-electron chi connectivity index (χ4n) is 7.10. The third kappa shape index (κ3) is 6.29. The number of nitrogens with one attached hydrogen (secondary N) is 1. The van der Waals surface area contributed by atoms with Gasteiger partial charge in [-0.25, -0.2) is 24.1 Å². The van der Waals surface area contributed by atoms with Crippen molar-refractivity contribution < 1.29 is 18.7 Å². The third-order valence-electron chi connectivity index (χ3n) is 9.69. The molecule has 0 bridgehead atoms. The topological polar surface area (TPSA) is 118 Å². The van der Waals surface area contributed by atoms with E-state index in [0.29, 0.717) is 40.9 Å². The van der Waals surface area contributed by atoms with E-state index in [1.165, 1.54) is 18.5 Å². The summed E-state index contributed by atoms with van der Waals surface area (Å²) in [5, 5.41) is 11.3. The van der Waals surface area contributed by atoms with Crippen LogP contribution >= 0.6 is 0 Å². The van der Waals surface area contributed by atoms with Crippen molar-refractivity contribution in [1.29, 1.82) is 0 Å². The fraction of sp³-hybridized carbons (Fsp3) is 0.576. The maximum atomic E-state index is 14.5. The standard InChI is InChI=1S/C33H41FN8O3/c1-20(22-11-24(12-22)39-31(43)45-32(2,3)4)42-16-33(17-42)9-10-41(15-33)29-30(40-38-19-37-29)44-27-8-7-23(34)13-25(27)26-14-35-18-36-28(26)21-5-6-21/h7-8,13-14,18-22,24H,5-6,9-12,15-17H2,1-4H3,(H,39,43)/t20-,22?,24?/m1/s1. The van der Waals surface area contributed by atoms with Crippen LogP contribution in [0.1, 0.15) is 71.4 Å². The van der Waals surface area contributed by atoms with Gasteiger partial charge < -0.3 is 19.7 Å². The molecule has 2 saturated heterocycles. The first-order chi connectivity index (χ1) is 21.6. The zero-order valence-electron chi connectivity index (χ0n) is 26.4. The van der Waals surface area contributed by atoms with Crippen LogP contribution < -0.4 is 15.0 Å². The van der Waals surface area contributed by atoms with Gasteiger partial charge in [-0.1, -0.05) is 0 Å². The smallest absolute Gasteiger partial charge is 0.407 e. The zero-order chi connectivity index (χ0) is 31.3. The first-order valence-electron chi connectivity index (χ1n) is 16.0. The molecule has 1 amide bonds. The van der Waals surface area contributed by atoms with E-state index in [2.05, 4.69) is 47.2 Å². The van der Waals surface area contributed by atoms with Gasteiger partial charge in [0, 0.05) is 66.9 Å². The predicted molar refractivity (Wildman–Crippen MR) is 165 cm³/mol. The highest BCUT2D eigenvalue weighted by molar-refractivity contribution is 5.73. The van der Waals surface area contributed by atoms with Gasteiger partial charge in [0.15, 0.2) is 5.82 Å². The highest BCUT2D eigenvalue weighted by atomic mass is 19.1. The number of aromatic nitrogens is 5. The summed E-state index contributed by atoms with van der Waals surface area (Å²) in [6, 6.07) is 5.12. The van der Waals surface area contributed by atoms with E-state index in [1.54, 1.807) is 18.6 Å². The summed E-state index contributed by atoms with van der Waals surface area (Å²) in [7, 11) is 0. The molecule has 1 spiro atoms. The molecule has 2 aromatic heterocycles. The molecule has 1 N–H and O–H groups in total. The molecule has 2 aliphatic carbocycles. The molecular formula is C33H41FN8O3. The van der Waals surface area contributed by atoms with Crippen molar-refractivity contribution in [2.75, 3.05) is 31.1 Å². The Hall–Kier alpha value is -3.93. The Morgan fingerprint density at radius 2 is 1.91 bits per heavy atom. The van der Waals surface area contributed by atoms with E-state index in [0.717, 1.165) is 69.5 Å². The minimum Gasteiger partial charge on any atom is -0.444 e. The van der Waals surface area contributed by atoms with Gasteiger partial charge in [-0.15, -0.1) is 10.2 Å². The lowest BCUT2D eigenvalue weighted by atomic mass is 9.71. The number of carbonyl (C=O) groups excluding carboxylic acids is 1. The number of carbonyl (C=O) groups is 1. The van der Waals surface area contributed by atoms with Gasteiger partial charge in [0.25, 0.3) is 5.88 Å². The third-order valence-corrected chi connectivity index (χ3v) is 9.69. The molecule has 0 unspecified atom stereocenters. The summed E-state index contributed by atoms with van der Waals surface area (Å²) < 4.78 is 26.3. The molecule has 1 atom stereocenters. The highest BCUT2D eigenvalue weighted by Gasteiger charge is 2.51. The number of halogens is 1. The van der Waals surface area contributed by atoms with Crippen LogP contribution in [0, 0.1) is 17.2 Å². The molecular weight excluding hydrogens is 575 g/mol. The summed E-state index contributed by atoms with van der Waals surface area (Å²) in [5.41, 5.74) is 1.98. The number of amides is 1. The lowest BCUT2D eigenvalue weighted by Crippen LogP contribution is -2.63. The van der Waals surface area contributed by atoms with Gasteiger partial charge in [-0.05, 0) is 83.9 Å². The van der Waals surface area contributed by atoms with Crippen LogP contribution in [-0.2, 0) is 4.74 Å². The second-order valence-corrected chi connectivity index (χ2v) is 14.3. The minimum atomic E-state index is -0.489. The van der Waals surface area contributed by atoms with Crippen LogP contribution in [-0.4, -0.2) is 80.0 Å². The van der Waals surface area contributed by atoms with Gasteiger partial charge in [0.05, 0.1) is 5.69 Å². The number of rotatable bonds is 8. The summed E-state index contributed by atoms with van der Waals surface area (Å²) in [4.78, 5) is 30.2. The number of ether oxygens (including phenoxy) is 2. The molecule has 1 aromatic carbocycles. The number of anilines is 1. The van der Waals surface area contributed by atoms with E-state index < -0.39 is 5.60 Å². The van der Waals surface area contributed by atoms with E-state index in [1.807, 2.05) is 20.8 Å². The van der Waals surface area contributed by atoms with Gasteiger partial charge in [-0.2, -0.15) is 0 Å². The summed E-state index contributed by atoms with van der Waals surface area (Å²) >= 11 is 0. The monoisotopic (exact) mass is 616 g/mol. The van der Waals surface area contributed by atoms with Crippen molar-refractivity contribution in [3.8, 4) is 22.8 Å². The zero-order valence-corrected chi connectivity index (χ0v) is 26.4. The predicted octanol–water partition coefficient (Wildman–Crippen LogP) is 5.34. The molecule has 2 saturated carbocycles. The molecule has 4 fully saturated rings. The van der Waals surface area contributed by atoms with E-state index >= 15 is 0 Å². The van der Waals surface area contributed by atoms with E-state index in [-0.39, 0.29) is 23.4 Å². The Morgan fingerprint density at radius 3 is 2.67 bits per heavy atom. The van der Waals surface area contributed by atoms with Crippen molar-refractivity contribution >= 4 is 11.9 Å². The highest BCUT2D eigenvalue weighted by Crippen LogP contribution is 2.47. The second-order valence-electron chi connectivity index (χ2n) is 14.3. The number of alkyl carbamates (subject to hydrolysis) is 1. The average molecular weight is 617 g/mol. The van der Waals surface area contributed by atoms with Crippen LogP contribution in [0.4, 0.5) is 15.0 Å². The summed E-state index contributed by atoms with van der Waals surface area (Å²) in [6.07, 6.45) is 9.53. The number of hydrogen-bond donors (Lipinski definition) is 1. The van der Waals surface area contributed by atoms with Gasteiger partial charge in [0.2, 0.25) is 0 Å². The number of benzene rings is 1. The molecule has 238 valence electrons. The van der Waals surface area contributed by atoms with E-state index in [4.69, 9.17) is 9.47 Å². The minimum absolute atomic E-state index is 0.185. The molecule has 0 radical (unpaired) electrons. The Bertz CT molecular complexity index is 1570. The largest absolute Gasteiger partial charge is 0.444 e. The number of hydrogen-bond acceptors (Lipinski definition) is 10. The normalized spacial score (nSPS) is 23.3. The fourth-order valence-corrected chi connectivity index (χ4v) is 7.10. The van der Waals surface area contributed by atoms with Crippen LogP contribution in [0.3, 0.4) is 0 Å². The van der Waals surface area contributed by atoms with Crippen molar-refractivity contribution in [1.82, 2.24) is 35.4 Å². The summed E-state index contributed by atoms with van der Waals surface area (Å²) in [5.74, 6) is 1.97. The van der Waals surface area contributed by atoms with E-state index in [9.17, 15) is 9.18 Å². The molecule has 7 rings (SSSR count). The molecule has 3 aromatic rings. The lowest BCUT2D eigenvalue weighted by Gasteiger charge is -2.54. The molecule has 2 aliphatic heterocycles. The Balaban J connectivity index is 0.986. The maximum absolute atomic E-state index is 14.5. The summed E-state index contributed by atoms with van der Waals surface area (Å²) in [6.45, 7) is 11.7. The average Bonchev–Trinajstić information content (AvgIpc) is 3.71. The molecule has 12 heteroatoms. The van der Waals surface area contributed by atoms with Gasteiger partial charge in [-0.3, -0.25) is 4.90 Å². The van der Waals surface area contributed by atoms with Crippen molar-refractivity contribution in [2.45, 2.75) is 83.4 Å². The van der Waals surface area contributed by atoms with Crippen molar-refractivity contribution in [3.63, 3.8) is 0 Å². The van der Waals surface area contributed by atoms with Crippen LogP contribution in [0.5, 0.6) is 11.6 Å². The van der Waals surface area contributed by atoms with Gasteiger partial charge in [0.1, 0.15) is 29.8 Å². The maximum Gasteiger partial charge on any atom is 0.407 e. The van der Waals surface area contributed by atoms with Gasteiger partial charge >= 0.3 is 6.09 Å². The molecule has 4 aliphatic rings. The molecule has 45 heavy (non-hydrogen) atoms. The quantitative estimate of drug-likeness (QED) is 0.355. The SMILES string of the molecule is C[C@H](C1CC(NC(=O)OC(C)(C)C)C1)N1CC2(CCN(c3ncnnc3Oc3ccc(F)cc3-c3cncnc3C3CC3)C2)C1. The second kappa shape index (κ2) is 11.5. The Kier molecular flexibility index (Phi) is 7.58. The first-order valence-corrected chi connectivity index (χ1v) is 16.0. The van der Waals surface area contributed by atoms with Crippen LogP contribution in [0.25, 0.3) is 11.1 Å². The Morgan fingerprint density at radius 1 is 1.11 bits per heavy atom. The van der Waals surface area contributed by atoms with Crippen LogP contribution in [0.15, 0.2) is 37.1 Å². The molecule has 4 heterocycles. The lowest BCUT2D eigenvalue weighted by molar-refractivity contribution is -0.0467.